The van der Waals surface area contributed by atoms with Gasteiger partial charge < -0.3 is 19.8 Å². The van der Waals surface area contributed by atoms with E-state index in [-0.39, 0.29) is 17.4 Å². The summed E-state index contributed by atoms with van der Waals surface area (Å²) in [6.45, 7) is 0.700. The second-order valence-corrected chi connectivity index (χ2v) is 6.73. The molecular weight excluding hydrogens is 358 g/mol. The minimum atomic E-state index is -0.261. The van der Waals surface area contributed by atoms with Crippen LogP contribution in [0.25, 0.3) is 10.9 Å². The smallest absolute Gasteiger partial charge is 0.258 e. The first-order valence-corrected chi connectivity index (χ1v) is 9.20. The third kappa shape index (κ3) is 3.55. The molecule has 1 aromatic heterocycles. The predicted molar refractivity (Wildman–Crippen MR) is 105 cm³/mol. The molecule has 1 amide bonds. The summed E-state index contributed by atoms with van der Waals surface area (Å²) in [6, 6.07) is 12.9. The molecule has 2 N–H and O–H groups in total. The van der Waals surface area contributed by atoms with Crippen LogP contribution in [-0.2, 0) is 17.6 Å². The van der Waals surface area contributed by atoms with E-state index < -0.39 is 0 Å². The second kappa shape index (κ2) is 7.72. The van der Waals surface area contributed by atoms with Crippen molar-refractivity contribution in [2.75, 3.05) is 20.3 Å². The number of aromatic amines is 1. The maximum Gasteiger partial charge on any atom is 0.258 e. The molecule has 1 aliphatic rings. The summed E-state index contributed by atoms with van der Waals surface area (Å²) in [5, 5.41) is 3.47. The van der Waals surface area contributed by atoms with Crippen LogP contribution in [0.4, 0.5) is 0 Å². The van der Waals surface area contributed by atoms with Crippen LogP contribution in [0.5, 0.6) is 11.5 Å². The topological polar surface area (TPSA) is 93.3 Å². The Morgan fingerprint density at radius 3 is 3.00 bits per heavy atom. The van der Waals surface area contributed by atoms with Crippen LogP contribution in [0.2, 0.25) is 0 Å². The summed E-state index contributed by atoms with van der Waals surface area (Å²) in [7, 11) is 1.60. The number of carbonyl (C=O) groups excluding carboxylic acids is 1. The Kier molecular flexibility index (Phi) is 4.97. The quantitative estimate of drug-likeness (QED) is 0.706. The van der Waals surface area contributed by atoms with Gasteiger partial charge >= 0.3 is 0 Å². The standard InChI is InChI=1S/C21H21N3O4/c1-27-17-8-4-5-13-11-14(12-28-19(13)17)20(25)22-10-9-18-23-16-7-3-2-6-15(16)21(26)24-18/h2-8,14H,9-12H2,1H3,(H,22,25)(H,23,24,26)/t14-/m1/s1. The lowest BCUT2D eigenvalue weighted by molar-refractivity contribution is -0.126. The number of methoxy groups -OCH3 is 1. The van der Waals surface area contributed by atoms with Gasteiger partial charge in [-0.3, -0.25) is 9.59 Å². The van der Waals surface area contributed by atoms with Gasteiger partial charge in [0.25, 0.3) is 5.56 Å². The molecular formula is C21H21N3O4. The molecule has 0 radical (unpaired) electrons. The monoisotopic (exact) mass is 379 g/mol. The Hall–Kier alpha value is -3.35. The molecule has 0 fully saturated rings. The van der Waals surface area contributed by atoms with Crippen molar-refractivity contribution in [1.82, 2.24) is 15.3 Å². The van der Waals surface area contributed by atoms with Crippen molar-refractivity contribution in [1.29, 1.82) is 0 Å². The number of hydrogen-bond acceptors (Lipinski definition) is 5. The van der Waals surface area contributed by atoms with Crippen molar-refractivity contribution in [2.24, 2.45) is 5.92 Å². The van der Waals surface area contributed by atoms with E-state index in [0.717, 1.165) is 5.56 Å². The first-order valence-electron chi connectivity index (χ1n) is 9.20. The molecule has 0 unspecified atom stereocenters. The molecule has 28 heavy (non-hydrogen) atoms. The van der Waals surface area contributed by atoms with E-state index in [1.165, 1.54) is 0 Å². The first-order chi connectivity index (χ1) is 13.7. The van der Waals surface area contributed by atoms with E-state index in [0.29, 0.717) is 54.2 Å². The number of benzene rings is 2. The summed E-state index contributed by atoms with van der Waals surface area (Å²) in [4.78, 5) is 31.8. The van der Waals surface area contributed by atoms with Gasteiger partial charge in [-0.05, 0) is 30.2 Å². The average Bonchev–Trinajstić information content (AvgIpc) is 2.73. The normalized spacial score (nSPS) is 15.5. The zero-order chi connectivity index (χ0) is 19.5. The average molecular weight is 379 g/mol. The van der Waals surface area contributed by atoms with Gasteiger partial charge in [0.1, 0.15) is 12.4 Å². The van der Waals surface area contributed by atoms with Crippen molar-refractivity contribution in [3.63, 3.8) is 0 Å². The number of H-pyrrole nitrogens is 1. The summed E-state index contributed by atoms with van der Waals surface area (Å²) in [5.74, 6) is 1.62. The highest BCUT2D eigenvalue weighted by Gasteiger charge is 2.27. The molecule has 7 nitrogen and oxygen atoms in total. The highest BCUT2D eigenvalue weighted by Crippen LogP contribution is 2.35. The van der Waals surface area contributed by atoms with Crippen molar-refractivity contribution < 1.29 is 14.3 Å². The van der Waals surface area contributed by atoms with E-state index in [4.69, 9.17) is 9.47 Å². The summed E-state index contributed by atoms with van der Waals surface area (Å²) < 4.78 is 11.1. The fourth-order valence-electron chi connectivity index (χ4n) is 3.42. The zero-order valence-corrected chi connectivity index (χ0v) is 15.5. The van der Waals surface area contributed by atoms with Crippen molar-refractivity contribution in [3.05, 3.63) is 64.2 Å². The number of aromatic nitrogens is 2. The number of nitrogens with one attached hydrogen (secondary N) is 2. The third-order valence-corrected chi connectivity index (χ3v) is 4.87. The lowest BCUT2D eigenvalue weighted by Gasteiger charge is -2.25. The van der Waals surface area contributed by atoms with E-state index in [9.17, 15) is 9.59 Å². The van der Waals surface area contributed by atoms with Crippen LogP contribution in [-0.4, -0.2) is 36.1 Å². The number of hydrogen-bond donors (Lipinski definition) is 2. The molecule has 2 heterocycles. The van der Waals surface area contributed by atoms with Gasteiger partial charge in [0.05, 0.1) is 23.9 Å². The van der Waals surface area contributed by atoms with Crippen LogP contribution in [0, 0.1) is 5.92 Å². The molecule has 0 aliphatic carbocycles. The number of amides is 1. The van der Waals surface area contributed by atoms with Gasteiger partial charge in [0.15, 0.2) is 11.5 Å². The van der Waals surface area contributed by atoms with Gasteiger partial charge in [-0.15, -0.1) is 0 Å². The molecule has 0 spiro atoms. The third-order valence-electron chi connectivity index (χ3n) is 4.87. The number of carbonyl (C=O) groups is 1. The molecule has 0 saturated carbocycles. The van der Waals surface area contributed by atoms with Crippen LogP contribution < -0.4 is 20.3 Å². The van der Waals surface area contributed by atoms with Crippen LogP contribution in [0.1, 0.15) is 11.4 Å². The number of para-hydroxylation sites is 2. The molecule has 2 aromatic carbocycles. The predicted octanol–water partition coefficient (Wildman–Crippen LogP) is 1.84. The number of rotatable bonds is 5. The molecule has 4 rings (SSSR count). The van der Waals surface area contributed by atoms with Crippen LogP contribution in [0.3, 0.4) is 0 Å². The minimum absolute atomic E-state index is 0.0726. The highest BCUT2D eigenvalue weighted by molar-refractivity contribution is 5.80. The molecule has 1 aliphatic heterocycles. The molecule has 1 atom stereocenters. The van der Waals surface area contributed by atoms with Gasteiger partial charge in [-0.1, -0.05) is 24.3 Å². The number of fused-ring (bicyclic) bond motifs is 2. The maximum atomic E-state index is 12.5. The van der Waals surface area contributed by atoms with E-state index >= 15 is 0 Å². The largest absolute Gasteiger partial charge is 0.493 e. The first kappa shape index (κ1) is 18.0. The molecule has 0 bridgehead atoms. The van der Waals surface area contributed by atoms with Gasteiger partial charge in [0.2, 0.25) is 5.91 Å². The number of ether oxygens (including phenoxy) is 2. The fourth-order valence-corrected chi connectivity index (χ4v) is 3.42. The summed E-state index contributed by atoms with van der Waals surface area (Å²) in [6.07, 6.45) is 1.05. The van der Waals surface area contributed by atoms with E-state index in [2.05, 4.69) is 15.3 Å². The Balaban J connectivity index is 1.37. The minimum Gasteiger partial charge on any atom is -0.493 e. The van der Waals surface area contributed by atoms with E-state index in [1.54, 1.807) is 25.3 Å². The van der Waals surface area contributed by atoms with Crippen molar-refractivity contribution in [2.45, 2.75) is 12.8 Å². The van der Waals surface area contributed by atoms with Crippen molar-refractivity contribution in [3.8, 4) is 11.5 Å². The van der Waals surface area contributed by atoms with Gasteiger partial charge in [0, 0.05) is 13.0 Å². The zero-order valence-electron chi connectivity index (χ0n) is 15.5. The maximum absolute atomic E-state index is 12.5. The number of nitrogens with zero attached hydrogens (tertiary/aromatic N) is 1. The molecule has 3 aromatic rings. The highest BCUT2D eigenvalue weighted by atomic mass is 16.5. The van der Waals surface area contributed by atoms with Crippen LogP contribution >= 0.6 is 0 Å². The lowest BCUT2D eigenvalue weighted by atomic mass is 9.95. The second-order valence-electron chi connectivity index (χ2n) is 6.73. The van der Waals surface area contributed by atoms with Gasteiger partial charge in [-0.2, -0.15) is 0 Å². The van der Waals surface area contributed by atoms with Gasteiger partial charge in [-0.25, -0.2) is 4.98 Å². The van der Waals surface area contributed by atoms with Crippen LogP contribution in [0.15, 0.2) is 47.3 Å². The Labute approximate surface area is 161 Å². The molecule has 0 saturated heterocycles. The Morgan fingerprint density at radius 2 is 2.14 bits per heavy atom. The summed E-state index contributed by atoms with van der Waals surface area (Å²) in [5.41, 5.74) is 1.45. The fraction of sp³-hybridized carbons (Fsp3) is 0.286. The molecule has 144 valence electrons. The Morgan fingerprint density at radius 1 is 1.29 bits per heavy atom. The SMILES string of the molecule is COc1cccc2c1OC[C@H](C(=O)NCCc1nc3ccccc3c(=O)[nH]1)C2. The Bertz CT molecular complexity index is 1080. The van der Waals surface area contributed by atoms with Crippen molar-refractivity contribution >= 4 is 16.8 Å². The molecule has 7 heteroatoms. The summed E-state index contributed by atoms with van der Waals surface area (Å²) >= 11 is 0. The lowest BCUT2D eigenvalue weighted by Crippen LogP contribution is -2.38. The van der Waals surface area contributed by atoms with E-state index in [1.807, 2.05) is 24.3 Å².